The van der Waals surface area contributed by atoms with E-state index in [1.165, 1.54) is 0 Å². The minimum atomic E-state index is -0.107. The van der Waals surface area contributed by atoms with Gasteiger partial charge in [0.05, 0.1) is 17.6 Å². The van der Waals surface area contributed by atoms with Crippen molar-refractivity contribution in [2.24, 2.45) is 4.99 Å². The number of carbonyl (C=O) groups excluding carboxylic acids is 1. The Morgan fingerprint density at radius 3 is 2.80 bits per heavy atom. The van der Waals surface area contributed by atoms with Crippen molar-refractivity contribution in [2.75, 3.05) is 12.3 Å². The summed E-state index contributed by atoms with van der Waals surface area (Å²) in [5.41, 5.74) is 3.82. The Morgan fingerprint density at radius 2 is 2.04 bits per heavy atom. The van der Waals surface area contributed by atoms with Gasteiger partial charge < -0.3 is 10.3 Å². The van der Waals surface area contributed by atoms with Crippen LogP contribution >= 0.6 is 23.5 Å². The Labute approximate surface area is 153 Å². The molecule has 3 aromatic rings. The van der Waals surface area contributed by atoms with Gasteiger partial charge >= 0.3 is 0 Å². The molecule has 0 unspecified atom stereocenters. The summed E-state index contributed by atoms with van der Waals surface area (Å²) in [5.74, 6) is 1.63. The molecule has 0 fully saturated rings. The number of amidine groups is 1. The summed E-state index contributed by atoms with van der Waals surface area (Å²) in [6, 6.07) is 15.7. The van der Waals surface area contributed by atoms with Gasteiger partial charge in [-0.05, 0) is 29.8 Å². The lowest BCUT2D eigenvalue weighted by atomic mass is 10.1. The topological polar surface area (TPSA) is 70.1 Å². The van der Waals surface area contributed by atoms with Crippen LogP contribution in [-0.2, 0) is 5.75 Å². The molecule has 0 bridgehead atoms. The summed E-state index contributed by atoms with van der Waals surface area (Å²) in [6.45, 7) is 0.776. The van der Waals surface area contributed by atoms with E-state index in [0.717, 1.165) is 45.0 Å². The fourth-order valence-electron chi connectivity index (χ4n) is 2.48. The normalized spacial score (nSPS) is 13.8. The van der Waals surface area contributed by atoms with Gasteiger partial charge in [-0.15, -0.1) is 0 Å². The number of carbonyl (C=O) groups is 1. The molecule has 0 atom stereocenters. The molecular formula is C18H16N4OS2. The Kier molecular flexibility index (Phi) is 4.76. The summed E-state index contributed by atoms with van der Waals surface area (Å²) in [5, 5.41) is 4.46. The van der Waals surface area contributed by atoms with Crippen molar-refractivity contribution in [1.29, 1.82) is 0 Å². The predicted molar refractivity (Wildman–Crippen MR) is 104 cm³/mol. The lowest BCUT2D eigenvalue weighted by molar-refractivity contribution is 0.0978. The molecule has 1 aromatic heterocycles. The first kappa shape index (κ1) is 16.2. The second kappa shape index (κ2) is 7.33. The molecule has 7 heteroatoms. The van der Waals surface area contributed by atoms with Gasteiger partial charge in [0.15, 0.2) is 10.3 Å². The Hall–Kier alpha value is -2.25. The minimum Gasteiger partial charge on any atom is -0.333 e. The van der Waals surface area contributed by atoms with Gasteiger partial charge in [0.1, 0.15) is 0 Å². The second-order valence-electron chi connectivity index (χ2n) is 5.53. The van der Waals surface area contributed by atoms with E-state index in [1.807, 2.05) is 48.5 Å². The van der Waals surface area contributed by atoms with E-state index < -0.39 is 0 Å². The monoisotopic (exact) mass is 368 g/mol. The SMILES string of the molecule is O=C(NC1=NCCS1)c1ccc(CSc2nc3ccccc3[nH]2)cc1. The summed E-state index contributed by atoms with van der Waals surface area (Å²) < 4.78 is 0. The Morgan fingerprint density at radius 1 is 1.20 bits per heavy atom. The minimum absolute atomic E-state index is 0.107. The number of para-hydroxylation sites is 2. The van der Waals surface area contributed by atoms with Crippen molar-refractivity contribution < 1.29 is 4.79 Å². The zero-order valence-corrected chi connectivity index (χ0v) is 15.0. The number of benzene rings is 2. The number of imidazole rings is 1. The number of hydrogen-bond acceptors (Lipinski definition) is 5. The lowest BCUT2D eigenvalue weighted by Crippen LogP contribution is -2.27. The highest BCUT2D eigenvalue weighted by molar-refractivity contribution is 8.14. The van der Waals surface area contributed by atoms with Crippen molar-refractivity contribution in [3.63, 3.8) is 0 Å². The first-order valence-corrected chi connectivity index (χ1v) is 9.90. The quantitative estimate of drug-likeness (QED) is 0.689. The average Bonchev–Trinajstić information content (AvgIpc) is 3.29. The third-order valence-electron chi connectivity index (χ3n) is 3.77. The highest BCUT2D eigenvalue weighted by Gasteiger charge is 2.12. The molecular weight excluding hydrogens is 352 g/mol. The fraction of sp³-hybridized carbons (Fsp3) is 0.167. The van der Waals surface area contributed by atoms with Crippen LogP contribution in [0.1, 0.15) is 15.9 Å². The van der Waals surface area contributed by atoms with Crippen molar-refractivity contribution in [2.45, 2.75) is 10.9 Å². The van der Waals surface area contributed by atoms with Crippen LogP contribution in [0, 0.1) is 0 Å². The second-order valence-corrected chi connectivity index (χ2v) is 7.58. The molecule has 126 valence electrons. The summed E-state index contributed by atoms with van der Waals surface area (Å²) in [6.07, 6.45) is 0. The number of amides is 1. The highest BCUT2D eigenvalue weighted by atomic mass is 32.2. The third kappa shape index (κ3) is 3.88. The highest BCUT2D eigenvalue weighted by Crippen LogP contribution is 2.23. The number of aromatic nitrogens is 2. The van der Waals surface area contributed by atoms with Crippen LogP contribution in [0.5, 0.6) is 0 Å². The Balaban J connectivity index is 1.37. The summed E-state index contributed by atoms with van der Waals surface area (Å²) in [7, 11) is 0. The van der Waals surface area contributed by atoms with E-state index in [4.69, 9.17) is 0 Å². The summed E-state index contributed by atoms with van der Waals surface area (Å²) in [4.78, 5) is 24.3. The molecule has 2 heterocycles. The van der Waals surface area contributed by atoms with Crippen LogP contribution < -0.4 is 5.32 Å². The average molecular weight is 368 g/mol. The fourth-order valence-corrected chi connectivity index (χ4v) is 4.05. The van der Waals surface area contributed by atoms with Crippen LogP contribution in [0.4, 0.5) is 0 Å². The largest absolute Gasteiger partial charge is 0.333 e. The first-order chi connectivity index (χ1) is 12.3. The standard InChI is InChI=1S/C18H16N4OS2/c23-16(22-17-19-9-10-24-17)13-7-5-12(6-8-13)11-25-18-20-14-3-1-2-4-15(14)21-18/h1-8H,9-11H2,(H,20,21)(H,19,22,23). The zero-order chi connectivity index (χ0) is 17.1. The number of thioether (sulfide) groups is 2. The summed E-state index contributed by atoms with van der Waals surface area (Å²) >= 11 is 3.23. The number of nitrogens with one attached hydrogen (secondary N) is 2. The Bertz CT molecular complexity index is 901. The van der Waals surface area contributed by atoms with Gasteiger partial charge in [0, 0.05) is 17.1 Å². The smallest absolute Gasteiger partial charge is 0.257 e. The third-order valence-corrected chi connectivity index (χ3v) is 5.60. The van der Waals surface area contributed by atoms with Gasteiger partial charge in [-0.3, -0.25) is 9.79 Å². The molecule has 1 aliphatic rings. The maximum Gasteiger partial charge on any atom is 0.257 e. The molecule has 4 rings (SSSR count). The molecule has 0 spiro atoms. The molecule has 5 nitrogen and oxygen atoms in total. The van der Waals surface area contributed by atoms with Crippen molar-refractivity contribution >= 4 is 45.6 Å². The molecule has 1 aliphatic heterocycles. The first-order valence-electron chi connectivity index (χ1n) is 7.93. The van der Waals surface area contributed by atoms with E-state index in [9.17, 15) is 4.79 Å². The van der Waals surface area contributed by atoms with Gasteiger partial charge in [-0.2, -0.15) is 0 Å². The van der Waals surface area contributed by atoms with Crippen LogP contribution in [0.2, 0.25) is 0 Å². The molecule has 0 saturated carbocycles. The molecule has 2 aromatic carbocycles. The number of aromatic amines is 1. The predicted octanol–water partition coefficient (Wildman–Crippen LogP) is 3.69. The maximum atomic E-state index is 12.2. The van der Waals surface area contributed by atoms with Crippen molar-refractivity contribution in [1.82, 2.24) is 15.3 Å². The van der Waals surface area contributed by atoms with Gasteiger partial charge in [0.2, 0.25) is 0 Å². The van der Waals surface area contributed by atoms with E-state index in [2.05, 4.69) is 20.3 Å². The van der Waals surface area contributed by atoms with E-state index >= 15 is 0 Å². The van der Waals surface area contributed by atoms with Crippen LogP contribution in [0.25, 0.3) is 11.0 Å². The zero-order valence-electron chi connectivity index (χ0n) is 13.4. The number of fused-ring (bicyclic) bond motifs is 1. The lowest BCUT2D eigenvalue weighted by Gasteiger charge is -2.05. The number of H-pyrrole nitrogens is 1. The van der Waals surface area contributed by atoms with Crippen LogP contribution in [0.3, 0.4) is 0 Å². The van der Waals surface area contributed by atoms with Crippen LogP contribution in [-0.4, -0.2) is 33.3 Å². The number of hydrogen-bond donors (Lipinski definition) is 2. The molecule has 0 aliphatic carbocycles. The number of rotatable bonds is 4. The van der Waals surface area contributed by atoms with Gasteiger partial charge in [-0.1, -0.05) is 47.8 Å². The van der Waals surface area contributed by atoms with Crippen molar-refractivity contribution in [3.05, 3.63) is 59.7 Å². The van der Waals surface area contributed by atoms with E-state index in [0.29, 0.717) is 5.56 Å². The maximum absolute atomic E-state index is 12.2. The number of aliphatic imine (C=N–C) groups is 1. The molecule has 0 saturated heterocycles. The van der Waals surface area contributed by atoms with Crippen LogP contribution in [0.15, 0.2) is 58.7 Å². The molecule has 25 heavy (non-hydrogen) atoms. The molecule has 0 radical (unpaired) electrons. The van der Waals surface area contributed by atoms with Crippen molar-refractivity contribution in [3.8, 4) is 0 Å². The van der Waals surface area contributed by atoms with E-state index in [1.54, 1.807) is 23.5 Å². The van der Waals surface area contributed by atoms with E-state index in [-0.39, 0.29) is 5.91 Å². The molecule has 2 N–H and O–H groups in total. The van der Waals surface area contributed by atoms with Gasteiger partial charge in [0.25, 0.3) is 5.91 Å². The molecule has 1 amide bonds. The van der Waals surface area contributed by atoms with Gasteiger partial charge in [-0.25, -0.2) is 4.98 Å². The number of nitrogens with zero attached hydrogens (tertiary/aromatic N) is 2.